The van der Waals surface area contributed by atoms with Crippen molar-refractivity contribution in [3.63, 3.8) is 0 Å². The summed E-state index contributed by atoms with van der Waals surface area (Å²) in [7, 11) is 3.31. The van der Waals surface area contributed by atoms with Crippen molar-refractivity contribution in [1.29, 1.82) is 0 Å². The van der Waals surface area contributed by atoms with Crippen molar-refractivity contribution in [3.8, 4) is 35.2 Å². The van der Waals surface area contributed by atoms with Gasteiger partial charge in [0.2, 0.25) is 23.5 Å². The van der Waals surface area contributed by atoms with Crippen molar-refractivity contribution in [2.24, 2.45) is 0 Å². The van der Waals surface area contributed by atoms with E-state index in [9.17, 15) is 0 Å². The Morgan fingerprint density at radius 1 is 0.608 bits per heavy atom. The molecule has 2 aliphatic heterocycles. The molecule has 0 unspecified atom stereocenters. The predicted octanol–water partition coefficient (Wildman–Crippen LogP) is 5.01. The normalized spacial score (nSPS) is 13.6. The number of piperazine rings is 2. The van der Waals surface area contributed by atoms with Crippen molar-refractivity contribution in [2.75, 3.05) is 127 Å². The van der Waals surface area contributed by atoms with E-state index in [4.69, 9.17) is 65.2 Å². The SMILES string of the molecule is C.CC#Cc1nc2c3cnn(CCCl)c3nc(N)n2n1.CC#Cc1nc2c3cnn(CCN4CCN(c5ccc(OCCOC)cc5Cl)CC4)c3nc(N)n2n1.COCCOc1ccc(N2CCNCC2)c(Cl)c1. The van der Waals surface area contributed by atoms with Crippen LogP contribution in [0.25, 0.3) is 33.4 Å². The molecule has 2 fully saturated rings. The van der Waals surface area contributed by atoms with Gasteiger partial charge in [0, 0.05) is 91.1 Å². The molecule has 392 valence electrons. The van der Waals surface area contributed by atoms with Crippen LogP contribution in [-0.4, -0.2) is 169 Å². The summed E-state index contributed by atoms with van der Waals surface area (Å²) in [5.41, 5.74) is 16.7. The van der Waals surface area contributed by atoms with Crippen LogP contribution in [0.2, 0.25) is 10.0 Å². The van der Waals surface area contributed by atoms with Gasteiger partial charge in [-0.05, 0) is 50.0 Å². The molecule has 0 aliphatic carbocycles. The average molecular weight is 1070 g/mol. The lowest BCUT2D eigenvalue weighted by Gasteiger charge is -2.36. The van der Waals surface area contributed by atoms with E-state index in [1.165, 1.54) is 9.03 Å². The first kappa shape index (κ1) is 54.9. The number of halogens is 3. The number of fused-ring (bicyclic) bond motifs is 6. The van der Waals surface area contributed by atoms with Gasteiger partial charge in [0.25, 0.3) is 0 Å². The fourth-order valence-electron chi connectivity index (χ4n) is 8.16. The Morgan fingerprint density at radius 3 is 1.53 bits per heavy atom. The fraction of sp³-hybridized carbons (Fsp3) is 0.429. The maximum atomic E-state index is 6.56. The predicted molar refractivity (Wildman–Crippen MR) is 291 cm³/mol. The van der Waals surface area contributed by atoms with E-state index in [1.807, 2.05) is 41.1 Å². The van der Waals surface area contributed by atoms with Gasteiger partial charge in [-0.25, -0.2) is 9.36 Å². The first-order valence-electron chi connectivity index (χ1n) is 23.5. The van der Waals surface area contributed by atoms with Gasteiger partial charge in [0.05, 0.1) is 70.9 Å². The van der Waals surface area contributed by atoms with E-state index >= 15 is 0 Å². The Hall–Kier alpha value is -6.89. The van der Waals surface area contributed by atoms with Gasteiger partial charge in [-0.15, -0.1) is 21.8 Å². The lowest BCUT2D eigenvalue weighted by atomic mass is 10.2. The second-order valence-corrected chi connectivity index (χ2v) is 17.6. The van der Waals surface area contributed by atoms with E-state index in [2.05, 4.69) is 84.0 Å². The molecule has 6 aromatic heterocycles. The molecule has 2 saturated heterocycles. The van der Waals surface area contributed by atoms with Gasteiger partial charge in [-0.2, -0.15) is 39.2 Å². The Labute approximate surface area is 444 Å². The number of ether oxygens (including phenoxy) is 4. The zero-order chi connectivity index (χ0) is 51.3. The Bertz CT molecular complexity index is 3270. The Morgan fingerprint density at radius 2 is 1.08 bits per heavy atom. The lowest BCUT2D eigenvalue weighted by molar-refractivity contribution is 0.146. The molecule has 2 aliphatic rings. The number of nitrogens with zero attached hydrogens (tertiary/aromatic N) is 15. The van der Waals surface area contributed by atoms with Crippen molar-refractivity contribution >= 4 is 91.4 Å². The summed E-state index contributed by atoms with van der Waals surface area (Å²) in [5, 5.41) is 23.6. The standard InChI is InChI=1S/C24H28ClN9O2.C13H19ClN2O2.C11H10ClN7.CH4/c1-3-4-21-28-23-18-16-27-33(22(18)29-24(26)34(23)30-21)12-9-31-7-10-32(11-8-31)20-6-5-17(15-19(20)25)36-14-13-35-2;1-17-8-9-18-11-2-3-13(12(14)10-11)16-6-4-15-5-7-16;1-2-3-8-15-10-7-6-14-18(5-4-12)9(7)16-11(13)19(10)17-8;/h5-6,15-16H,7-14H2,1-2H3,(H2,26,29);2-3,10,15H,4-9H2,1H3;6H,4-5H2,1H3,(H2,13,16);1H4. The maximum absolute atomic E-state index is 6.56. The van der Waals surface area contributed by atoms with E-state index in [-0.39, 0.29) is 19.3 Å². The highest BCUT2D eigenvalue weighted by Crippen LogP contribution is 2.32. The van der Waals surface area contributed by atoms with Crippen LogP contribution in [0, 0.1) is 23.7 Å². The molecule has 10 rings (SSSR count). The van der Waals surface area contributed by atoms with Crippen LogP contribution in [0.15, 0.2) is 48.8 Å². The molecule has 8 aromatic rings. The molecule has 5 N–H and O–H groups in total. The highest BCUT2D eigenvalue weighted by Gasteiger charge is 2.22. The minimum absolute atomic E-state index is 0. The summed E-state index contributed by atoms with van der Waals surface area (Å²) in [6, 6.07) is 11.7. The number of aryl methyl sites for hydroxylation is 1. The molecule has 0 saturated carbocycles. The summed E-state index contributed by atoms with van der Waals surface area (Å²) in [4.78, 5) is 24.6. The smallest absolute Gasteiger partial charge is 0.226 e. The van der Waals surface area contributed by atoms with Crippen molar-refractivity contribution < 1.29 is 18.9 Å². The number of hydrogen-bond donors (Lipinski definition) is 3. The molecule has 0 spiro atoms. The first-order valence-corrected chi connectivity index (χ1v) is 24.8. The van der Waals surface area contributed by atoms with Gasteiger partial charge in [0.15, 0.2) is 22.6 Å². The molecule has 74 heavy (non-hydrogen) atoms. The second kappa shape index (κ2) is 26.4. The highest BCUT2D eigenvalue weighted by molar-refractivity contribution is 6.33. The van der Waals surface area contributed by atoms with Gasteiger partial charge in [0.1, 0.15) is 24.7 Å². The lowest BCUT2D eigenvalue weighted by Crippen LogP contribution is -2.47. The summed E-state index contributed by atoms with van der Waals surface area (Å²) < 4.78 is 27.7. The average Bonchev–Trinajstić information content (AvgIpc) is 4.21. The largest absolute Gasteiger partial charge is 0.491 e. The van der Waals surface area contributed by atoms with Crippen LogP contribution >= 0.6 is 34.8 Å². The minimum atomic E-state index is 0. The van der Waals surface area contributed by atoms with Gasteiger partial charge < -0.3 is 45.5 Å². The number of nitrogens with one attached hydrogen (secondary N) is 1. The van der Waals surface area contributed by atoms with Crippen LogP contribution in [0.4, 0.5) is 23.3 Å². The molecule has 8 heterocycles. The van der Waals surface area contributed by atoms with Gasteiger partial charge in [-0.1, -0.05) is 42.5 Å². The molecule has 22 nitrogen and oxygen atoms in total. The summed E-state index contributed by atoms with van der Waals surface area (Å²) in [6.07, 6.45) is 3.44. The third-order valence-corrected chi connectivity index (χ3v) is 12.5. The number of nitrogens with two attached hydrogens (primary N) is 2. The molecule has 0 amide bonds. The van der Waals surface area contributed by atoms with Crippen LogP contribution in [0.5, 0.6) is 11.5 Å². The number of nitrogen functional groups attached to an aromatic ring is 2. The maximum Gasteiger partial charge on any atom is 0.226 e. The van der Waals surface area contributed by atoms with E-state index in [0.717, 1.165) is 97.6 Å². The third kappa shape index (κ3) is 13.1. The molecule has 0 bridgehead atoms. The first-order chi connectivity index (χ1) is 35.6. The zero-order valence-electron chi connectivity index (χ0n) is 41.1. The summed E-state index contributed by atoms with van der Waals surface area (Å²) in [6.45, 7) is 15.3. The molecular weight excluding hydrogens is 1010 g/mol. The molecular formula is C49H61Cl3N18O4. The molecule has 2 aromatic carbocycles. The molecule has 25 heteroatoms. The summed E-state index contributed by atoms with van der Waals surface area (Å²) >= 11 is 18.6. The van der Waals surface area contributed by atoms with Crippen molar-refractivity contribution in [3.05, 3.63) is 70.5 Å². The number of anilines is 4. The fourth-order valence-corrected chi connectivity index (χ4v) is 8.90. The number of benzene rings is 2. The number of hydrogen-bond acceptors (Lipinski definition) is 18. The van der Waals surface area contributed by atoms with Crippen molar-refractivity contribution in [1.82, 2.24) is 68.9 Å². The quantitative estimate of drug-likeness (QED) is 0.0696. The number of aromatic nitrogens is 12. The number of methoxy groups -OCH3 is 2. The monoisotopic (exact) mass is 1070 g/mol. The number of rotatable bonds is 15. The van der Waals surface area contributed by atoms with E-state index in [1.54, 1.807) is 45.1 Å². The highest BCUT2D eigenvalue weighted by atomic mass is 35.5. The van der Waals surface area contributed by atoms with Crippen molar-refractivity contribution in [2.45, 2.75) is 34.4 Å². The third-order valence-electron chi connectivity index (χ3n) is 11.7. The van der Waals surface area contributed by atoms with E-state index in [0.29, 0.717) is 84.7 Å². The zero-order valence-corrected chi connectivity index (χ0v) is 43.3. The second-order valence-electron chi connectivity index (χ2n) is 16.4. The van der Waals surface area contributed by atoms with Crippen LogP contribution < -0.4 is 36.1 Å². The van der Waals surface area contributed by atoms with Gasteiger partial charge >= 0.3 is 0 Å². The Balaban J connectivity index is 0.000000177. The topological polar surface area (TPSA) is 233 Å². The van der Waals surface area contributed by atoms with Crippen LogP contribution in [-0.2, 0) is 22.6 Å². The molecule has 0 radical (unpaired) electrons. The van der Waals surface area contributed by atoms with Crippen LogP contribution in [0.3, 0.4) is 0 Å². The van der Waals surface area contributed by atoms with Crippen LogP contribution in [0.1, 0.15) is 32.9 Å². The van der Waals surface area contributed by atoms with E-state index < -0.39 is 0 Å². The van der Waals surface area contributed by atoms with Gasteiger partial charge in [-0.3, -0.25) is 4.90 Å². The minimum Gasteiger partial charge on any atom is -0.491 e. The molecule has 0 atom stereocenters. The Kier molecular flexibility index (Phi) is 19.5. The summed E-state index contributed by atoms with van der Waals surface area (Å²) in [5.74, 6) is 14.5. The number of alkyl halides is 1.